The molecule has 0 aromatic heterocycles. The van der Waals surface area contributed by atoms with E-state index in [9.17, 15) is 9.59 Å². The summed E-state index contributed by atoms with van der Waals surface area (Å²) in [6.07, 6.45) is 2.72. The van der Waals surface area contributed by atoms with Gasteiger partial charge < -0.3 is 10.6 Å². The Bertz CT molecular complexity index is 406. The third-order valence-electron chi connectivity index (χ3n) is 2.52. The van der Waals surface area contributed by atoms with E-state index < -0.39 is 0 Å². The summed E-state index contributed by atoms with van der Waals surface area (Å²) in [5, 5.41) is 8.08. The standard InChI is InChI=1S/C14H26ClN5O2/c1-11(2)19-13(16-3)20-14(22)18-10-5-4-9-17-12(21)7-6-8-15/h4-10H2,1-3H3,(H,17,21)(H2,16,18,20,22). The molecule has 8 heteroatoms. The van der Waals surface area contributed by atoms with Gasteiger partial charge in [0.15, 0.2) is 0 Å². The second-order valence-corrected chi connectivity index (χ2v) is 5.21. The molecule has 0 rings (SSSR count). The number of guanidine groups is 1. The van der Waals surface area contributed by atoms with Crippen LogP contribution in [0.5, 0.6) is 0 Å². The zero-order valence-corrected chi connectivity index (χ0v) is 14.3. The zero-order valence-electron chi connectivity index (χ0n) is 13.5. The number of hydrogen-bond acceptors (Lipinski definition) is 3. The summed E-state index contributed by atoms with van der Waals surface area (Å²) in [4.78, 5) is 30.9. The fourth-order valence-electron chi connectivity index (χ4n) is 1.49. The minimum absolute atomic E-state index is 0.0166. The van der Waals surface area contributed by atoms with Gasteiger partial charge in [0.1, 0.15) is 0 Å². The van der Waals surface area contributed by atoms with Crippen molar-refractivity contribution < 1.29 is 9.59 Å². The Labute approximate surface area is 137 Å². The van der Waals surface area contributed by atoms with E-state index in [1.807, 2.05) is 13.8 Å². The molecular weight excluding hydrogens is 306 g/mol. The first-order valence-electron chi connectivity index (χ1n) is 7.35. The fourth-order valence-corrected chi connectivity index (χ4v) is 1.62. The van der Waals surface area contributed by atoms with Crippen LogP contribution in [0.3, 0.4) is 0 Å². The van der Waals surface area contributed by atoms with Crippen molar-refractivity contribution in [3.05, 3.63) is 0 Å². The molecule has 0 spiro atoms. The normalized spacial score (nSPS) is 10.8. The van der Waals surface area contributed by atoms with Crippen LogP contribution in [-0.2, 0) is 4.79 Å². The monoisotopic (exact) mass is 331 g/mol. The number of nitrogens with one attached hydrogen (secondary N) is 3. The lowest BCUT2D eigenvalue weighted by molar-refractivity contribution is -0.121. The van der Waals surface area contributed by atoms with E-state index in [2.05, 4.69) is 25.9 Å². The quantitative estimate of drug-likeness (QED) is 0.273. The summed E-state index contributed by atoms with van der Waals surface area (Å²) in [6, 6.07) is -0.336. The first-order chi connectivity index (χ1) is 10.5. The lowest BCUT2D eigenvalue weighted by Gasteiger charge is -2.08. The van der Waals surface area contributed by atoms with Gasteiger partial charge in [-0.25, -0.2) is 9.79 Å². The van der Waals surface area contributed by atoms with Crippen molar-refractivity contribution in [3.63, 3.8) is 0 Å². The van der Waals surface area contributed by atoms with E-state index in [1.165, 1.54) is 0 Å². The summed E-state index contributed by atoms with van der Waals surface area (Å²) >= 11 is 5.51. The van der Waals surface area contributed by atoms with Crippen LogP contribution in [0.2, 0.25) is 0 Å². The molecule has 0 bridgehead atoms. The molecule has 0 aliphatic carbocycles. The molecule has 0 aliphatic heterocycles. The van der Waals surface area contributed by atoms with Crippen LogP contribution in [0, 0.1) is 0 Å². The number of nitrogens with zero attached hydrogens (tertiary/aromatic N) is 2. The molecular formula is C14H26ClN5O2. The van der Waals surface area contributed by atoms with E-state index in [0.29, 0.717) is 31.8 Å². The van der Waals surface area contributed by atoms with Crippen molar-refractivity contribution >= 4 is 35.2 Å². The van der Waals surface area contributed by atoms with Crippen molar-refractivity contribution in [2.45, 2.75) is 39.5 Å². The Hall–Kier alpha value is -1.63. The smallest absolute Gasteiger partial charge is 0.321 e. The molecule has 3 N–H and O–H groups in total. The average molecular weight is 332 g/mol. The van der Waals surface area contributed by atoms with E-state index in [-0.39, 0.29) is 17.9 Å². The highest BCUT2D eigenvalue weighted by Crippen LogP contribution is 1.92. The van der Waals surface area contributed by atoms with Crippen LogP contribution < -0.4 is 16.0 Å². The summed E-state index contributed by atoms with van der Waals surface area (Å²) in [7, 11) is 1.56. The summed E-state index contributed by atoms with van der Waals surface area (Å²) in [5.41, 5.74) is 0.811. The average Bonchev–Trinajstić information content (AvgIpc) is 2.47. The molecule has 0 fully saturated rings. The largest absolute Gasteiger partial charge is 0.356 e. The Balaban J connectivity index is 3.69. The number of carbonyl (C=O) groups is 2. The number of alkyl halides is 1. The van der Waals surface area contributed by atoms with Gasteiger partial charge >= 0.3 is 6.03 Å². The molecule has 0 aromatic carbocycles. The van der Waals surface area contributed by atoms with Crippen molar-refractivity contribution in [2.24, 2.45) is 9.98 Å². The SMILES string of the molecule is CN=C(N=C(C)C)NC(=O)NCCCCNC(=O)CCCCl. The zero-order chi connectivity index (χ0) is 16.8. The minimum atomic E-state index is -0.336. The van der Waals surface area contributed by atoms with Crippen LogP contribution in [0.4, 0.5) is 4.79 Å². The maximum absolute atomic E-state index is 11.6. The van der Waals surface area contributed by atoms with E-state index in [4.69, 9.17) is 11.6 Å². The molecule has 126 valence electrons. The molecule has 0 saturated carbocycles. The second-order valence-electron chi connectivity index (χ2n) is 4.84. The Kier molecular flexibility index (Phi) is 12.1. The van der Waals surface area contributed by atoms with Gasteiger partial charge in [0.25, 0.3) is 0 Å². The molecule has 0 saturated heterocycles. The van der Waals surface area contributed by atoms with Gasteiger partial charge in [-0.1, -0.05) is 0 Å². The molecule has 0 heterocycles. The molecule has 0 radical (unpaired) electrons. The maximum atomic E-state index is 11.6. The van der Waals surface area contributed by atoms with Crippen molar-refractivity contribution in [1.29, 1.82) is 0 Å². The molecule has 0 aromatic rings. The number of amides is 3. The number of aliphatic imine (C=N–C) groups is 2. The highest BCUT2D eigenvalue weighted by molar-refractivity contribution is 6.17. The lowest BCUT2D eigenvalue weighted by Crippen LogP contribution is -2.39. The number of halogens is 1. The Morgan fingerprint density at radius 3 is 2.23 bits per heavy atom. The first-order valence-corrected chi connectivity index (χ1v) is 7.89. The predicted octanol–water partition coefficient (Wildman–Crippen LogP) is 1.67. The van der Waals surface area contributed by atoms with Gasteiger partial charge in [-0.15, -0.1) is 11.6 Å². The van der Waals surface area contributed by atoms with E-state index >= 15 is 0 Å². The fraction of sp³-hybridized carbons (Fsp3) is 0.714. The van der Waals surface area contributed by atoms with Crippen LogP contribution in [0.15, 0.2) is 9.98 Å². The van der Waals surface area contributed by atoms with Crippen LogP contribution >= 0.6 is 11.6 Å². The molecule has 0 aliphatic rings. The topological polar surface area (TPSA) is 94.9 Å². The first kappa shape index (κ1) is 20.4. The predicted molar refractivity (Wildman–Crippen MR) is 90.9 cm³/mol. The number of hydrogen-bond donors (Lipinski definition) is 3. The number of unbranched alkanes of at least 4 members (excludes halogenated alkanes) is 1. The van der Waals surface area contributed by atoms with Crippen molar-refractivity contribution in [1.82, 2.24) is 16.0 Å². The van der Waals surface area contributed by atoms with Gasteiger partial charge in [-0.2, -0.15) is 0 Å². The van der Waals surface area contributed by atoms with Gasteiger partial charge in [-0.3, -0.25) is 15.1 Å². The summed E-state index contributed by atoms with van der Waals surface area (Å²) in [5.74, 6) is 0.795. The third kappa shape index (κ3) is 12.1. The van der Waals surface area contributed by atoms with Gasteiger partial charge in [0.2, 0.25) is 11.9 Å². The minimum Gasteiger partial charge on any atom is -0.356 e. The van der Waals surface area contributed by atoms with Gasteiger partial charge in [0.05, 0.1) is 0 Å². The number of carbonyl (C=O) groups excluding carboxylic acids is 2. The third-order valence-corrected chi connectivity index (χ3v) is 2.78. The Morgan fingerprint density at radius 2 is 1.68 bits per heavy atom. The van der Waals surface area contributed by atoms with Crippen molar-refractivity contribution in [2.75, 3.05) is 26.0 Å². The lowest BCUT2D eigenvalue weighted by atomic mass is 10.3. The Morgan fingerprint density at radius 1 is 1.05 bits per heavy atom. The van der Waals surface area contributed by atoms with E-state index in [1.54, 1.807) is 7.05 Å². The number of rotatable bonds is 8. The van der Waals surface area contributed by atoms with Crippen LogP contribution in [-0.4, -0.2) is 49.6 Å². The highest BCUT2D eigenvalue weighted by Gasteiger charge is 2.03. The van der Waals surface area contributed by atoms with Crippen molar-refractivity contribution in [3.8, 4) is 0 Å². The highest BCUT2D eigenvalue weighted by atomic mass is 35.5. The maximum Gasteiger partial charge on any atom is 0.321 e. The van der Waals surface area contributed by atoms with Crippen LogP contribution in [0.25, 0.3) is 0 Å². The molecule has 22 heavy (non-hydrogen) atoms. The number of urea groups is 1. The summed E-state index contributed by atoms with van der Waals surface area (Å²) < 4.78 is 0. The van der Waals surface area contributed by atoms with Gasteiger partial charge in [0, 0.05) is 38.1 Å². The molecule has 0 atom stereocenters. The second kappa shape index (κ2) is 13.1. The van der Waals surface area contributed by atoms with Gasteiger partial charge in [-0.05, 0) is 33.1 Å². The van der Waals surface area contributed by atoms with Crippen LogP contribution in [0.1, 0.15) is 39.5 Å². The summed E-state index contributed by atoms with van der Waals surface area (Å²) in [6.45, 7) is 4.78. The van der Waals surface area contributed by atoms with E-state index in [0.717, 1.165) is 18.6 Å². The molecule has 7 nitrogen and oxygen atoms in total. The molecule has 3 amide bonds. The molecule has 0 unspecified atom stereocenters.